The highest BCUT2D eigenvalue weighted by Crippen LogP contribution is 2.26. The van der Waals surface area contributed by atoms with E-state index in [4.69, 9.17) is 11.6 Å². The number of fused-ring (bicyclic) bond motifs is 1. The molecule has 0 atom stereocenters. The summed E-state index contributed by atoms with van der Waals surface area (Å²) in [5, 5.41) is 0. The Morgan fingerprint density at radius 2 is 2.20 bits per heavy atom. The second-order valence-electron chi connectivity index (χ2n) is 3.77. The Morgan fingerprint density at radius 3 is 2.75 bits per heavy atom. The number of rotatable bonds is 4. The Morgan fingerprint density at radius 1 is 1.50 bits per heavy atom. The zero-order valence-electron chi connectivity index (χ0n) is 10.6. The number of carbonyl (C=O) groups excluding carboxylic acids is 1. The van der Waals surface area contributed by atoms with Gasteiger partial charge in [0.25, 0.3) is 0 Å². The molecule has 20 heavy (non-hydrogen) atoms. The first-order chi connectivity index (χ1) is 9.47. The zero-order valence-corrected chi connectivity index (χ0v) is 11.3. The van der Waals surface area contributed by atoms with Crippen LogP contribution < -0.4 is 4.74 Å². The minimum atomic E-state index is -3.08. The number of carbonyl (C=O) groups is 1. The predicted octanol–water partition coefficient (Wildman–Crippen LogP) is 2.10. The number of pyridine rings is 1. The predicted molar refractivity (Wildman–Crippen MR) is 66.0 cm³/mol. The summed E-state index contributed by atoms with van der Waals surface area (Å²) < 4.78 is 35.2. The van der Waals surface area contributed by atoms with Crippen molar-refractivity contribution in [2.45, 2.75) is 12.5 Å². The summed E-state index contributed by atoms with van der Waals surface area (Å²) in [6, 6.07) is 1.38. The number of aryl methyl sites for hydroxylation is 1. The van der Waals surface area contributed by atoms with Gasteiger partial charge >= 0.3 is 12.6 Å². The Hall–Kier alpha value is -1.96. The molecule has 0 unspecified atom stereocenters. The highest BCUT2D eigenvalue weighted by molar-refractivity contribution is 6.16. The van der Waals surface area contributed by atoms with Crippen LogP contribution in [0.15, 0.2) is 6.07 Å². The van der Waals surface area contributed by atoms with Crippen molar-refractivity contribution >= 4 is 28.6 Å². The van der Waals surface area contributed by atoms with Crippen molar-refractivity contribution in [3.05, 3.63) is 17.6 Å². The second kappa shape index (κ2) is 5.58. The molecule has 0 N–H and O–H groups in total. The molecule has 0 aromatic carbocycles. The van der Waals surface area contributed by atoms with Gasteiger partial charge in [-0.15, -0.1) is 11.6 Å². The molecule has 6 nitrogen and oxygen atoms in total. The number of halogens is 3. The van der Waals surface area contributed by atoms with E-state index in [0.717, 1.165) is 7.11 Å². The molecule has 0 aliphatic carbocycles. The molecule has 2 heterocycles. The lowest BCUT2D eigenvalue weighted by Gasteiger charge is -2.06. The summed E-state index contributed by atoms with van der Waals surface area (Å²) in [5.41, 5.74) is 0.350. The van der Waals surface area contributed by atoms with E-state index in [1.807, 2.05) is 0 Å². The fourth-order valence-electron chi connectivity index (χ4n) is 1.70. The number of imidazole rings is 1. The van der Waals surface area contributed by atoms with Crippen LogP contribution in [0, 0.1) is 0 Å². The molecule has 0 aliphatic heterocycles. The molecule has 0 fully saturated rings. The number of hydrogen-bond donors (Lipinski definition) is 0. The van der Waals surface area contributed by atoms with Gasteiger partial charge < -0.3 is 14.0 Å². The summed E-state index contributed by atoms with van der Waals surface area (Å²) >= 11 is 5.71. The molecule has 9 heteroatoms. The molecular weight excluding hydrogens is 296 g/mol. The normalized spacial score (nSPS) is 11.1. The molecule has 0 bridgehead atoms. The molecule has 2 rings (SSSR count). The lowest BCUT2D eigenvalue weighted by atomic mass is 10.3. The van der Waals surface area contributed by atoms with E-state index in [1.165, 1.54) is 6.07 Å². The zero-order chi connectivity index (χ0) is 14.9. The third kappa shape index (κ3) is 2.51. The standard InChI is InChI=1S/C11H10ClF2N3O3/c1-17-6-3-5(10(18)19-2)15-9(20-11(13)14)8(6)16-7(17)4-12/h3,11H,4H2,1-2H3. The van der Waals surface area contributed by atoms with E-state index >= 15 is 0 Å². The first-order valence-electron chi connectivity index (χ1n) is 5.43. The summed E-state index contributed by atoms with van der Waals surface area (Å²) in [6.45, 7) is -3.08. The Labute approximate surface area is 117 Å². The molecule has 0 radical (unpaired) electrons. The fraction of sp³-hybridized carbons (Fsp3) is 0.364. The number of aromatic nitrogens is 3. The molecule has 0 amide bonds. The number of esters is 1. The van der Waals surface area contributed by atoms with Gasteiger partial charge in [-0.05, 0) is 6.07 Å². The highest BCUT2D eigenvalue weighted by atomic mass is 35.5. The maximum absolute atomic E-state index is 12.4. The van der Waals surface area contributed by atoms with Crippen molar-refractivity contribution in [2.24, 2.45) is 7.05 Å². The monoisotopic (exact) mass is 305 g/mol. The lowest BCUT2D eigenvalue weighted by Crippen LogP contribution is -2.09. The van der Waals surface area contributed by atoms with Gasteiger partial charge in [0.15, 0.2) is 11.2 Å². The van der Waals surface area contributed by atoms with Gasteiger partial charge in [0.2, 0.25) is 5.88 Å². The summed E-state index contributed by atoms with van der Waals surface area (Å²) in [7, 11) is 2.80. The molecule has 0 aliphatic rings. The van der Waals surface area contributed by atoms with Crippen molar-refractivity contribution in [3.63, 3.8) is 0 Å². The van der Waals surface area contributed by atoms with Gasteiger partial charge in [0.1, 0.15) is 5.82 Å². The fourth-order valence-corrected chi connectivity index (χ4v) is 1.94. The number of alkyl halides is 3. The van der Waals surface area contributed by atoms with Crippen LogP contribution in [0.5, 0.6) is 5.88 Å². The van der Waals surface area contributed by atoms with Crippen molar-refractivity contribution in [1.29, 1.82) is 0 Å². The van der Waals surface area contributed by atoms with Gasteiger partial charge in [-0.2, -0.15) is 8.78 Å². The first kappa shape index (κ1) is 14.4. The molecule has 2 aromatic rings. The lowest BCUT2D eigenvalue weighted by molar-refractivity contribution is -0.0520. The summed E-state index contributed by atoms with van der Waals surface area (Å²) in [5.74, 6) is -0.693. The Balaban J connectivity index is 2.69. The largest absolute Gasteiger partial charge is 0.464 e. The number of ether oxygens (including phenoxy) is 2. The van der Waals surface area contributed by atoms with Gasteiger partial charge in [-0.1, -0.05) is 0 Å². The second-order valence-corrected chi connectivity index (χ2v) is 4.04. The van der Waals surface area contributed by atoms with Crippen molar-refractivity contribution in [3.8, 4) is 5.88 Å². The average Bonchev–Trinajstić information content (AvgIpc) is 2.74. The van der Waals surface area contributed by atoms with Gasteiger partial charge in [-0.3, -0.25) is 0 Å². The summed E-state index contributed by atoms with van der Waals surface area (Å²) in [6.07, 6.45) is 0. The quantitative estimate of drug-likeness (QED) is 0.639. The maximum atomic E-state index is 12.4. The van der Waals surface area contributed by atoms with E-state index in [-0.39, 0.29) is 17.1 Å². The minimum absolute atomic E-state index is 0.0762. The first-order valence-corrected chi connectivity index (χ1v) is 5.96. The van der Waals surface area contributed by atoms with E-state index < -0.39 is 18.5 Å². The van der Waals surface area contributed by atoms with Gasteiger partial charge in [0.05, 0.1) is 18.5 Å². The Bertz CT molecular complexity index is 660. The number of methoxy groups -OCH3 is 1. The van der Waals surface area contributed by atoms with E-state index in [2.05, 4.69) is 19.4 Å². The number of nitrogens with zero attached hydrogens (tertiary/aromatic N) is 3. The van der Waals surface area contributed by atoms with E-state index in [1.54, 1.807) is 11.6 Å². The van der Waals surface area contributed by atoms with Crippen LogP contribution in [0.3, 0.4) is 0 Å². The molecule has 0 saturated heterocycles. The molecule has 108 valence electrons. The van der Waals surface area contributed by atoms with Crippen molar-refractivity contribution in [1.82, 2.24) is 14.5 Å². The molecule has 0 spiro atoms. The minimum Gasteiger partial charge on any atom is -0.464 e. The Kier molecular flexibility index (Phi) is 4.03. The third-order valence-electron chi connectivity index (χ3n) is 2.64. The number of hydrogen-bond acceptors (Lipinski definition) is 5. The van der Waals surface area contributed by atoms with E-state index in [0.29, 0.717) is 11.3 Å². The van der Waals surface area contributed by atoms with Crippen LogP contribution in [0.4, 0.5) is 8.78 Å². The highest BCUT2D eigenvalue weighted by Gasteiger charge is 2.20. The van der Waals surface area contributed by atoms with Crippen LogP contribution >= 0.6 is 11.6 Å². The van der Waals surface area contributed by atoms with Crippen LogP contribution in [0.1, 0.15) is 16.3 Å². The van der Waals surface area contributed by atoms with Crippen molar-refractivity contribution < 1.29 is 23.0 Å². The van der Waals surface area contributed by atoms with Crippen LogP contribution in [-0.4, -0.2) is 34.2 Å². The van der Waals surface area contributed by atoms with Crippen LogP contribution in [0.25, 0.3) is 11.0 Å². The van der Waals surface area contributed by atoms with E-state index in [9.17, 15) is 13.6 Å². The topological polar surface area (TPSA) is 66.2 Å². The molecule has 2 aromatic heterocycles. The van der Waals surface area contributed by atoms with Gasteiger partial charge in [-0.25, -0.2) is 14.8 Å². The van der Waals surface area contributed by atoms with Crippen LogP contribution in [0.2, 0.25) is 0 Å². The smallest absolute Gasteiger partial charge is 0.388 e. The summed E-state index contributed by atoms with van der Waals surface area (Å²) in [4.78, 5) is 19.3. The SMILES string of the molecule is COC(=O)c1cc2c(nc(CCl)n2C)c(OC(F)F)n1. The maximum Gasteiger partial charge on any atom is 0.388 e. The molecule has 0 saturated carbocycles. The average molecular weight is 306 g/mol. The van der Waals surface area contributed by atoms with Crippen LogP contribution in [-0.2, 0) is 17.7 Å². The van der Waals surface area contributed by atoms with Gasteiger partial charge in [0, 0.05) is 7.05 Å². The third-order valence-corrected chi connectivity index (χ3v) is 2.88. The van der Waals surface area contributed by atoms with Crippen molar-refractivity contribution in [2.75, 3.05) is 7.11 Å². The molecular formula is C11H10ClF2N3O3.